The molecule has 0 unspecified atom stereocenters. The van der Waals surface area contributed by atoms with E-state index < -0.39 is 0 Å². The molecule has 1 aromatic carbocycles. The maximum atomic E-state index is 12.2. The zero-order valence-corrected chi connectivity index (χ0v) is 15.3. The molecule has 0 bridgehead atoms. The fourth-order valence-electron chi connectivity index (χ4n) is 3.04. The second-order valence-corrected chi connectivity index (χ2v) is 6.95. The van der Waals surface area contributed by atoms with Crippen molar-refractivity contribution in [2.24, 2.45) is 0 Å². The van der Waals surface area contributed by atoms with E-state index in [4.69, 9.17) is 21.6 Å². The quantitative estimate of drug-likeness (QED) is 0.882. The van der Waals surface area contributed by atoms with Crippen molar-refractivity contribution in [2.45, 2.75) is 44.8 Å². The van der Waals surface area contributed by atoms with Gasteiger partial charge in [-0.05, 0) is 56.4 Å². The van der Waals surface area contributed by atoms with Crippen LogP contribution in [-0.4, -0.2) is 23.0 Å². The molecule has 1 amide bonds. The molecule has 0 atom stereocenters. The van der Waals surface area contributed by atoms with E-state index in [1.165, 1.54) is 0 Å². The Labute approximate surface area is 158 Å². The Balaban J connectivity index is 1.49. The Morgan fingerprint density at radius 1 is 1.27 bits per heavy atom. The Bertz CT molecular complexity index is 822. The van der Waals surface area contributed by atoms with Gasteiger partial charge in [0.05, 0.1) is 16.7 Å². The van der Waals surface area contributed by atoms with Gasteiger partial charge in [0.15, 0.2) is 0 Å². The minimum Gasteiger partial charge on any atom is -0.490 e. The highest BCUT2D eigenvalue weighted by Crippen LogP contribution is 2.27. The predicted octanol–water partition coefficient (Wildman–Crippen LogP) is 4.04. The third-order valence-electron chi connectivity index (χ3n) is 4.52. The lowest BCUT2D eigenvalue weighted by molar-refractivity contribution is 0.0889. The van der Waals surface area contributed by atoms with Crippen LogP contribution in [0.15, 0.2) is 36.5 Å². The number of hydrogen-bond acceptors (Lipinski definition) is 4. The van der Waals surface area contributed by atoms with Gasteiger partial charge in [-0.1, -0.05) is 17.7 Å². The number of rotatable bonds is 4. The summed E-state index contributed by atoms with van der Waals surface area (Å²) in [6, 6.07) is 10.9. The number of aryl methyl sites for hydroxylation is 1. The van der Waals surface area contributed by atoms with Crippen molar-refractivity contribution in [2.75, 3.05) is 0 Å². The monoisotopic (exact) mass is 369 g/mol. The zero-order valence-electron chi connectivity index (χ0n) is 14.5. The van der Waals surface area contributed by atoms with Gasteiger partial charge in [0.1, 0.15) is 17.5 Å². The number of amides is 1. The number of carbonyl (C=O) groups is 1. The zero-order chi connectivity index (χ0) is 18.5. The number of aromatic nitrogens is 1. The summed E-state index contributed by atoms with van der Waals surface area (Å²) < 4.78 is 5.97. The number of nitrogens with zero attached hydrogens (tertiary/aromatic N) is 2. The fourth-order valence-corrected chi connectivity index (χ4v) is 3.25. The predicted molar refractivity (Wildman–Crippen MR) is 99.3 cm³/mol. The normalized spacial score (nSPS) is 19.4. The Kier molecular flexibility index (Phi) is 5.75. The molecule has 5 nitrogen and oxygen atoms in total. The topological polar surface area (TPSA) is 75.0 Å². The molecule has 1 aromatic heterocycles. The molecule has 1 fully saturated rings. The number of halogens is 1. The highest BCUT2D eigenvalue weighted by molar-refractivity contribution is 6.31. The van der Waals surface area contributed by atoms with Crippen molar-refractivity contribution in [3.8, 4) is 11.8 Å². The van der Waals surface area contributed by atoms with Crippen LogP contribution in [0.2, 0.25) is 5.02 Å². The molecule has 0 saturated heterocycles. The summed E-state index contributed by atoms with van der Waals surface area (Å²) in [4.78, 5) is 16.4. The minimum atomic E-state index is -0.131. The second kappa shape index (κ2) is 8.20. The van der Waals surface area contributed by atoms with Gasteiger partial charge >= 0.3 is 0 Å². The number of nitriles is 1. The standard InChI is InChI=1S/C20H20ClN3O2/c1-13-2-9-19(23-12-13)20(25)24-15-4-7-16(8-5-15)26-17-6-3-14(11-22)18(21)10-17/h2-3,6,9-10,12,15-16H,4-5,7-8H2,1H3,(H,24,25). The minimum absolute atomic E-state index is 0.0876. The first-order chi connectivity index (χ1) is 12.5. The Morgan fingerprint density at radius 3 is 2.65 bits per heavy atom. The summed E-state index contributed by atoms with van der Waals surface area (Å²) >= 11 is 6.04. The summed E-state index contributed by atoms with van der Waals surface area (Å²) in [5, 5.41) is 12.4. The number of hydrogen-bond donors (Lipinski definition) is 1. The second-order valence-electron chi connectivity index (χ2n) is 6.54. The summed E-state index contributed by atoms with van der Waals surface area (Å²) in [5.41, 5.74) is 1.92. The van der Waals surface area contributed by atoms with E-state index in [1.54, 1.807) is 30.5 Å². The van der Waals surface area contributed by atoms with Gasteiger partial charge in [-0.15, -0.1) is 0 Å². The molecular weight excluding hydrogens is 350 g/mol. The molecule has 2 aromatic rings. The van der Waals surface area contributed by atoms with Crippen LogP contribution in [0.3, 0.4) is 0 Å². The molecule has 0 aliphatic heterocycles. The number of benzene rings is 1. The van der Waals surface area contributed by atoms with E-state index in [1.807, 2.05) is 19.1 Å². The van der Waals surface area contributed by atoms with Crippen molar-refractivity contribution in [3.63, 3.8) is 0 Å². The maximum absolute atomic E-state index is 12.2. The summed E-state index contributed by atoms with van der Waals surface area (Å²) in [6.45, 7) is 1.94. The van der Waals surface area contributed by atoms with Crippen LogP contribution < -0.4 is 10.1 Å². The summed E-state index contributed by atoms with van der Waals surface area (Å²) in [6.07, 6.45) is 5.19. The largest absolute Gasteiger partial charge is 0.490 e. The first kappa shape index (κ1) is 18.2. The van der Waals surface area contributed by atoms with Gasteiger partial charge in [0.25, 0.3) is 5.91 Å². The first-order valence-electron chi connectivity index (χ1n) is 8.65. The number of carbonyl (C=O) groups excluding carboxylic acids is 1. The average Bonchev–Trinajstić information content (AvgIpc) is 2.64. The first-order valence-corrected chi connectivity index (χ1v) is 9.03. The SMILES string of the molecule is Cc1ccc(C(=O)NC2CCC(Oc3ccc(C#N)c(Cl)c3)CC2)nc1. The maximum Gasteiger partial charge on any atom is 0.270 e. The third-order valence-corrected chi connectivity index (χ3v) is 4.83. The van der Waals surface area contributed by atoms with Crippen LogP contribution in [0.1, 0.15) is 47.3 Å². The van der Waals surface area contributed by atoms with Crippen molar-refractivity contribution in [3.05, 3.63) is 58.4 Å². The average molecular weight is 370 g/mol. The van der Waals surface area contributed by atoms with E-state index in [9.17, 15) is 4.79 Å². The molecular formula is C20H20ClN3O2. The smallest absolute Gasteiger partial charge is 0.270 e. The van der Waals surface area contributed by atoms with E-state index in [-0.39, 0.29) is 18.1 Å². The van der Waals surface area contributed by atoms with Gasteiger partial charge in [0, 0.05) is 18.3 Å². The molecule has 1 aliphatic rings. The van der Waals surface area contributed by atoms with Crippen molar-refractivity contribution < 1.29 is 9.53 Å². The van der Waals surface area contributed by atoms with Crippen molar-refractivity contribution in [1.29, 1.82) is 5.26 Å². The molecule has 1 aliphatic carbocycles. The number of ether oxygens (including phenoxy) is 1. The van der Waals surface area contributed by atoms with E-state index in [0.717, 1.165) is 31.2 Å². The fraction of sp³-hybridized carbons (Fsp3) is 0.350. The Hall–Kier alpha value is -2.58. The van der Waals surface area contributed by atoms with Crippen LogP contribution in [0, 0.1) is 18.3 Å². The number of nitrogens with one attached hydrogen (secondary N) is 1. The van der Waals surface area contributed by atoms with Crippen LogP contribution in [0.5, 0.6) is 5.75 Å². The molecule has 134 valence electrons. The third kappa shape index (κ3) is 4.53. The molecule has 26 heavy (non-hydrogen) atoms. The highest BCUT2D eigenvalue weighted by Gasteiger charge is 2.24. The van der Waals surface area contributed by atoms with Crippen LogP contribution in [-0.2, 0) is 0 Å². The van der Waals surface area contributed by atoms with Gasteiger partial charge in [-0.3, -0.25) is 9.78 Å². The van der Waals surface area contributed by atoms with E-state index >= 15 is 0 Å². The van der Waals surface area contributed by atoms with Crippen LogP contribution in [0.25, 0.3) is 0 Å². The molecule has 0 spiro atoms. The summed E-state index contributed by atoms with van der Waals surface area (Å²) in [7, 11) is 0. The molecule has 6 heteroatoms. The van der Waals surface area contributed by atoms with Gasteiger partial charge < -0.3 is 10.1 Å². The van der Waals surface area contributed by atoms with E-state index in [2.05, 4.69) is 10.3 Å². The van der Waals surface area contributed by atoms with Gasteiger partial charge in [-0.2, -0.15) is 5.26 Å². The molecule has 0 radical (unpaired) electrons. The highest BCUT2D eigenvalue weighted by atomic mass is 35.5. The molecule has 1 N–H and O–H groups in total. The van der Waals surface area contributed by atoms with Crippen LogP contribution >= 0.6 is 11.6 Å². The summed E-state index contributed by atoms with van der Waals surface area (Å²) in [5.74, 6) is 0.540. The lowest BCUT2D eigenvalue weighted by Crippen LogP contribution is -2.40. The lowest BCUT2D eigenvalue weighted by Gasteiger charge is -2.29. The number of pyridine rings is 1. The van der Waals surface area contributed by atoms with Crippen molar-refractivity contribution >= 4 is 17.5 Å². The van der Waals surface area contributed by atoms with Crippen molar-refractivity contribution in [1.82, 2.24) is 10.3 Å². The van der Waals surface area contributed by atoms with Gasteiger partial charge in [-0.25, -0.2) is 0 Å². The Morgan fingerprint density at radius 2 is 2.04 bits per heavy atom. The van der Waals surface area contributed by atoms with E-state index in [0.29, 0.717) is 22.0 Å². The van der Waals surface area contributed by atoms with Crippen LogP contribution in [0.4, 0.5) is 0 Å². The molecule has 3 rings (SSSR count). The van der Waals surface area contributed by atoms with Gasteiger partial charge in [0.2, 0.25) is 0 Å². The molecule has 1 heterocycles. The lowest BCUT2D eigenvalue weighted by atomic mass is 9.92. The molecule has 1 saturated carbocycles.